The van der Waals surface area contributed by atoms with Gasteiger partial charge in [0.15, 0.2) is 0 Å². The Labute approximate surface area is 148 Å². The molecule has 0 amide bonds. The van der Waals surface area contributed by atoms with E-state index in [1.54, 1.807) is 6.07 Å². The lowest BCUT2D eigenvalue weighted by Gasteiger charge is -2.20. The number of hydrogen-bond acceptors (Lipinski definition) is 4. The van der Waals surface area contributed by atoms with Gasteiger partial charge in [0.05, 0.1) is 25.0 Å². The number of fused-ring (bicyclic) bond motifs is 1. The van der Waals surface area contributed by atoms with Gasteiger partial charge in [-0.3, -0.25) is 9.10 Å². The molecule has 0 radical (unpaired) electrons. The number of esters is 1. The number of carbonyl (C=O) groups excluding carboxylic acids is 1. The molecule has 0 aromatic heterocycles. The molecule has 25 heavy (non-hydrogen) atoms. The Morgan fingerprint density at radius 2 is 1.96 bits per heavy atom. The molecule has 0 N–H and O–H groups in total. The van der Waals surface area contributed by atoms with Gasteiger partial charge in [0.2, 0.25) is 10.0 Å². The minimum Gasteiger partial charge on any atom is -0.469 e. The van der Waals surface area contributed by atoms with Crippen LogP contribution in [0.3, 0.4) is 0 Å². The number of anilines is 1. The van der Waals surface area contributed by atoms with Gasteiger partial charge in [-0.2, -0.15) is 0 Å². The molecule has 132 valence electrons. The predicted octanol–water partition coefficient (Wildman–Crippen LogP) is 2.99. The fourth-order valence-electron chi connectivity index (χ4n) is 3.27. The van der Waals surface area contributed by atoms with Gasteiger partial charge in [0, 0.05) is 12.5 Å². The van der Waals surface area contributed by atoms with Crippen molar-refractivity contribution in [3.05, 3.63) is 65.2 Å². The van der Waals surface area contributed by atoms with E-state index in [1.807, 2.05) is 49.4 Å². The molecule has 0 fully saturated rings. The summed E-state index contributed by atoms with van der Waals surface area (Å²) in [7, 11) is -2.19. The number of hydrogen-bond donors (Lipinski definition) is 0. The quantitative estimate of drug-likeness (QED) is 0.770. The summed E-state index contributed by atoms with van der Waals surface area (Å²) < 4.78 is 32.2. The highest BCUT2D eigenvalue weighted by molar-refractivity contribution is 7.92. The van der Waals surface area contributed by atoms with E-state index in [0.29, 0.717) is 5.69 Å². The molecule has 2 aromatic rings. The molecule has 0 aliphatic carbocycles. The van der Waals surface area contributed by atoms with Crippen LogP contribution < -0.4 is 4.31 Å². The number of aryl methyl sites for hydroxylation is 1. The van der Waals surface area contributed by atoms with Gasteiger partial charge < -0.3 is 4.74 Å². The van der Waals surface area contributed by atoms with Gasteiger partial charge in [-0.1, -0.05) is 48.0 Å². The van der Waals surface area contributed by atoms with Crippen molar-refractivity contribution < 1.29 is 17.9 Å². The molecule has 1 unspecified atom stereocenters. The Hall–Kier alpha value is -2.34. The average molecular weight is 359 g/mol. The number of rotatable bonds is 5. The first kappa shape index (κ1) is 17.5. The van der Waals surface area contributed by atoms with E-state index in [-0.39, 0.29) is 30.6 Å². The van der Waals surface area contributed by atoms with Crippen LogP contribution in [-0.4, -0.2) is 28.0 Å². The molecule has 1 aliphatic rings. The third kappa shape index (κ3) is 3.69. The molecule has 0 spiro atoms. The van der Waals surface area contributed by atoms with Crippen LogP contribution in [0.25, 0.3) is 0 Å². The summed E-state index contributed by atoms with van der Waals surface area (Å²) in [4.78, 5) is 11.7. The molecule has 0 saturated carbocycles. The van der Waals surface area contributed by atoms with Crippen molar-refractivity contribution in [1.82, 2.24) is 0 Å². The lowest BCUT2D eigenvalue weighted by atomic mass is 9.98. The fourth-order valence-corrected chi connectivity index (χ4v) is 4.90. The van der Waals surface area contributed by atoms with E-state index >= 15 is 0 Å². The topological polar surface area (TPSA) is 63.7 Å². The number of ether oxygens (including phenoxy) is 1. The Morgan fingerprint density at radius 1 is 1.20 bits per heavy atom. The van der Waals surface area contributed by atoms with Gasteiger partial charge in [0.1, 0.15) is 0 Å². The predicted molar refractivity (Wildman–Crippen MR) is 97.0 cm³/mol. The first-order valence-corrected chi connectivity index (χ1v) is 9.73. The monoisotopic (exact) mass is 359 g/mol. The number of sulfonamides is 1. The average Bonchev–Trinajstić information content (AvgIpc) is 2.94. The van der Waals surface area contributed by atoms with Crippen LogP contribution in [0.5, 0.6) is 0 Å². The first-order valence-electron chi connectivity index (χ1n) is 8.12. The summed E-state index contributed by atoms with van der Waals surface area (Å²) in [5, 5.41) is 0. The van der Waals surface area contributed by atoms with E-state index in [0.717, 1.165) is 16.7 Å². The Balaban J connectivity index is 1.90. The van der Waals surface area contributed by atoms with Crippen molar-refractivity contribution in [2.24, 2.45) is 0 Å². The van der Waals surface area contributed by atoms with E-state index in [1.165, 1.54) is 11.4 Å². The Morgan fingerprint density at radius 3 is 2.68 bits per heavy atom. The zero-order valence-corrected chi connectivity index (χ0v) is 15.1. The van der Waals surface area contributed by atoms with Crippen LogP contribution in [-0.2, 0) is 25.3 Å². The van der Waals surface area contributed by atoms with Gasteiger partial charge in [-0.15, -0.1) is 0 Å². The summed E-state index contributed by atoms with van der Waals surface area (Å²) in [6.45, 7) is 2.20. The molecule has 2 aromatic carbocycles. The summed E-state index contributed by atoms with van der Waals surface area (Å²) in [6, 6.07) is 14.8. The second-order valence-corrected chi connectivity index (χ2v) is 8.21. The van der Waals surface area contributed by atoms with Crippen molar-refractivity contribution in [1.29, 1.82) is 0 Å². The van der Waals surface area contributed by atoms with Crippen molar-refractivity contribution in [3.8, 4) is 0 Å². The van der Waals surface area contributed by atoms with Crippen LogP contribution >= 0.6 is 0 Å². The van der Waals surface area contributed by atoms with Crippen LogP contribution in [0, 0.1) is 6.92 Å². The third-order valence-electron chi connectivity index (χ3n) is 4.44. The second kappa shape index (κ2) is 6.88. The zero-order chi connectivity index (χ0) is 18.0. The van der Waals surface area contributed by atoms with E-state index in [2.05, 4.69) is 0 Å². The highest BCUT2D eigenvalue weighted by Crippen LogP contribution is 2.40. The Kier molecular flexibility index (Phi) is 4.81. The van der Waals surface area contributed by atoms with Crippen LogP contribution in [0.1, 0.15) is 29.0 Å². The lowest BCUT2D eigenvalue weighted by molar-refractivity contribution is -0.140. The first-order chi connectivity index (χ1) is 11.9. The normalized spacial score (nSPS) is 16.6. The summed E-state index contributed by atoms with van der Waals surface area (Å²) in [5.74, 6) is -0.581. The van der Waals surface area contributed by atoms with Gasteiger partial charge in [-0.05, 0) is 24.1 Å². The van der Waals surface area contributed by atoms with E-state index in [4.69, 9.17) is 4.74 Å². The number of para-hydroxylation sites is 1. The molecule has 1 atom stereocenters. The van der Waals surface area contributed by atoms with Crippen LogP contribution in [0.4, 0.5) is 5.69 Å². The zero-order valence-electron chi connectivity index (χ0n) is 14.3. The standard InChI is InChI=1S/C19H21NO4S/c1-14-6-5-7-15(10-14)13-25(22,23)20-12-16(11-19(21)24-2)17-8-3-4-9-18(17)20/h3-10,16H,11-13H2,1-2H3. The third-order valence-corrected chi connectivity index (χ3v) is 6.16. The number of nitrogens with zero attached hydrogens (tertiary/aromatic N) is 1. The van der Waals surface area contributed by atoms with Crippen molar-refractivity contribution in [2.75, 3.05) is 18.0 Å². The second-order valence-electron chi connectivity index (χ2n) is 6.31. The number of methoxy groups -OCH3 is 1. The van der Waals surface area contributed by atoms with Crippen LogP contribution in [0.15, 0.2) is 48.5 Å². The molecule has 1 aliphatic heterocycles. The minimum atomic E-state index is -3.54. The SMILES string of the molecule is COC(=O)CC1CN(S(=O)(=O)Cc2cccc(C)c2)c2ccccc21. The van der Waals surface area contributed by atoms with Gasteiger partial charge in [0.25, 0.3) is 0 Å². The van der Waals surface area contributed by atoms with Gasteiger partial charge in [-0.25, -0.2) is 8.42 Å². The molecule has 0 saturated heterocycles. The number of benzene rings is 2. The van der Waals surface area contributed by atoms with Crippen molar-refractivity contribution in [2.45, 2.75) is 25.0 Å². The minimum absolute atomic E-state index is 0.0615. The Bertz CT molecular complexity index is 892. The molecule has 6 heteroatoms. The lowest BCUT2D eigenvalue weighted by Crippen LogP contribution is -2.31. The summed E-state index contributed by atoms with van der Waals surface area (Å²) in [5.41, 5.74) is 3.32. The molecule has 1 heterocycles. The summed E-state index contributed by atoms with van der Waals surface area (Å²) in [6.07, 6.45) is 0.171. The largest absolute Gasteiger partial charge is 0.469 e. The highest BCUT2D eigenvalue weighted by atomic mass is 32.2. The van der Waals surface area contributed by atoms with Crippen molar-refractivity contribution >= 4 is 21.7 Å². The maximum absolute atomic E-state index is 13.0. The molecule has 5 nitrogen and oxygen atoms in total. The van der Waals surface area contributed by atoms with Crippen molar-refractivity contribution in [3.63, 3.8) is 0 Å². The molecular weight excluding hydrogens is 338 g/mol. The van der Waals surface area contributed by atoms with E-state index in [9.17, 15) is 13.2 Å². The molecule has 0 bridgehead atoms. The highest BCUT2D eigenvalue weighted by Gasteiger charge is 2.36. The number of carbonyl (C=O) groups is 1. The van der Waals surface area contributed by atoms with Gasteiger partial charge >= 0.3 is 5.97 Å². The maximum Gasteiger partial charge on any atom is 0.306 e. The molecule has 3 rings (SSSR count). The fraction of sp³-hybridized carbons (Fsp3) is 0.316. The smallest absolute Gasteiger partial charge is 0.306 e. The maximum atomic E-state index is 13.0. The van der Waals surface area contributed by atoms with E-state index < -0.39 is 10.0 Å². The summed E-state index contributed by atoms with van der Waals surface area (Å²) >= 11 is 0. The molecular formula is C19H21NO4S. The van der Waals surface area contributed by atoms with Crippen LogP contribution in [0.2, 0.25) is 0 Å².